The summed E-state index contributed by atoms with van der Waals surface area (Å²) < 4.78 is 13.3. The molecule has 0 amide bonds. The number of benzene rings is 2. The molecule has 18 heavy (non-hydrogen) atoms. The Balaban J connectivity index is 2.28. The Bertz CT molecular complexity index is 714. The predicted molar refractivity (Wildman–Crippen MR) is 71.9 cm³/mol. The highest BCUT2D eigenvalue weighted by molar-refractivity contribution is 5.94. The van der Waals surface area contributed by atoms with Crippen LogP contribution in [0.1, 0.15) is 5.56 Å². The molecule has 0 N–H and O–H groups in total. The molecule has 1 heterocycles. The zero-order valence-electron chi connectivity index (χ0n) is 10.0. The molecule has 3 rings (SSSR count). The molecule has 0 radical (unpaired) electrons. The molecule has 0 saturated heterocycles. The van der Waals surface area contributed by atoms with Gasteiger partial charge in [-0.25, -0.2) is 4.39 Å². The molecule has 0 atom stereocenters. The van der Waals surface area contributed by atoms with Crippen LogP contribution in [0.4, 0.5) is 4.39 Å². The molecule has 0 spiro atoms. The molecule has 0 aliphatic carbocycles. The van der Waals surface area contributed by atoms with Crippen LogP contribution in [0.2, 0.25) is 0 Å². The number of aromatic nitrogens is 1. The van der Waals surface area contributed by atoms with Crippen LogP contribution >= 0.6 is 0 Å². The van der Waals surface area contributed by atoms with Crippen LogP contribution in [0, 0.1) is 12.7 Å². The lowest BCUT2D eigenvalue weighted by Gasteiger charge is -2.06. The van der Waals surface area contributed by atoms with Gasteiger partial charge in [-0.1, -0.05) is 24.3 Å². The lowest BCUT2D eigenvalue weighted by Crippen LogP contribution is -1.88. The number of pyridine rings is 1. The molecule has 0 saturated carbocycles. The van der Waals surface area contributed by atoms with E-state index in [4.69, 9.17) is 0 Å². The smallest absolute Gasteiger partial charge is 0.126 e. The Morgan fingerprint density at radius 1 is 1.00 bits per heavy atom. The van der Waals surface area contributed by atoms with Crippen molar-refractivity contribution in [3.63, 3.8) is 0 Å². The Morgan fingerprint density at radius 3 is 2.67 bits per heavy atom. The first-order chi connectivity index (χ1) is 8.75. The average molecular weight is 237 g/mol. The maximum absolute atomic E-state index is 13.3. The second-order valence-corrected chi connectivity index (χ2v) is 4.34. The fraction of sp³-hybridized carbons (Fsp3) is 0.0625. The van der Waals surface area contributed by atoms with Gasteiger partial charge in [-0.15, -0.1) is 0 Å². The number of rotatable bonds is 1. The number of fused-ring (bicyclic) bond motifs is 1. The van der Waals surface area contributed by atoms with Gasteiger partial charge in [0, 0.05) is 17.1 Å². The van der Waals surface area contributed by atoms with E-state index in [2.05, 4.69) is 11.1 Å². The van der Waals surface area contributed by atoms with Crippen LogP contribution in [0.5, 0.6) is 0 Å². The first kappa shape index (κ1) is 10.9. The topological polar surface area (TPSA) is 12.9 Å². The minimum atomic E-state index is -0.181. The van der Waals surface area contributed by atoms with Crippen LogP contribution in [0.25, 0.3) is 22.0 Å². The SMILES string of the molecule is Cc1cc(-c2nccc3ccccc23)ccc1F. The molecule has 2 heteroatoms. The van der Waals surface area contributed by atoms with E-state index >= 15 is 0 Å². The summed E-state index contributed by atoms with van der Waals surface area (Å²) >= 11 is 0. The van der Waals surface area contributed by atoms with Crippen molar-refractivity contribution in [3.05, 3.63) is 66.1 Å². The molecular formula is C16H12FN. The minimum Gasteiger partial charge on any atom is -0.256 e. The molecule has 0 fully saturated rings. The van der Waals surface area contributed by atoms with Gasteiger partial charge in [-0.3, -0.25) is 4.98 Å². The van der Waals surface area contributed by atoms with Crippen molar-refractivity contribution in [3.8, 4) is 11.3 Å². The van der Waals surface area contributed by atoms with Gasteiger partial charge in [0.2, 0.25) is 0 Å². The van der Waals surface area contributed by atoms with Gasteiger partial charge < -0.3 is 0 Å². The Morgan fingerprint density at radius 2 is 1.83 bits per heavy atom. The third-order valence-corrected chi connectivity index (χ3v) is 3.11. The second-order valence-electron chi connectivity index (χ2n) is 4.34. The van der Waals surface area contributed by atoms with Gasteiger partial charge in [0.1, 0.15) is 5.82 Å². The van der Waals surface area contributed by atoms with E-state index in [1.165, 1.54) is 6.07 Å². The predicted octanol–water partition coefficient (Wildman–Crippen LogP) is 4.35. The summed E-state index contributed by atoms with van der Waals surface area (Å²) in [6.07, 6.45) is 1.79. The van der Waals surface area contributed by atoms with Gasteiger partial charge in [-0.05, 0) is 42.1 Å². The molecule has 2 aromatic carbocycles. The first-order valence-corrected chi connectivity index (χ1v) is 5.86. The minimum absolute atomic E-state index is 0.181. The van der Waals surface area contributed by atoms with E-state index in [0.29, 0.717) is 5.56 Å². The lowest BCUT2D eigenvalue weighted by atomic mass is 10.0. The van der Waals surface area contributed by atoms with Crippen molar-refractivity contribution in [2.75, 3.05) is 0 Å². The number of halogens is 1. The number of nitrogens with zero attached hydrogens (tertiary/aromatic N) is 1. The van der Waals surface area contributed by atoms with Gasteiger partial charge in [0.25, 0.3) is 0 Å². The molecule has 1 nitrogen and oxygen atoms in total. The summed E-state index contributed by atoms with van der Waals surface area (Å²) in [7, 11) is 0. The Hall–Kier alpha value is -2.22. The molecule has 0 bridgehead atoms. The maximum Gasteiger partial charge on any atom is 0.126 e. The van der Waals surface area contributed by atoms with E-state index in [1.54, 1.807) is 19.2 Å². The van der Waals surface area contributed by atoms with Crippen LogP contribution < -0.4 is 0 Å². The Kier molecular flexibility index (Phi) is 2.56. The molecule has 88 valence electrons. The molecule has 1 aromatic heterocycles. The number of hydrogen-bond donors (Lipinski definition) is 0. The van der Waals surface area contributed by atoms with E-state index in [9.17, 15) is 4.39 Å². The highest BCUT2D eigenvalue weighted by atomic mass is 19.1. The molecule has 0 aliphatic heterocycles. The molecule has 0 unspecified atom stereocenters. The fourth-order valence-electron chi connectivity index (χ4n) is 2.14. The quantitative estimate of drug-likeness (QED) is 0.613. The van der Waals surface area contributed by atoms with E-state index in [1.807, 2.05) is 30.3 Å². The summed E-state index contributed by atoms with van der Waals surface area (Å²) in [5.74, 6) is -0.181. The first-order valence-electron chi connectivity index (χ1n) is 5.86. The lowest BCUT2D eigenvalue weighted by molar-refractivity contribution is 0.619. The number of aryl methyl sites for hydroxylation is 1. The summed E-state index contributed by atoms with van der Waals surface area (Å²) in [5, 5.41) is 2.23. The van der Waals surface area contributed by atoms with Crippen molar-refractivity contribution in [2.24, 2.45) is 0 Å². The average Bonchev–Trinajstić information content (AvgIpc) is 2.41. The monoisotopic (exact) mass is 237 g/mol. The summed E-state index contributed by atoms with van der Waals surface area (Å²) in [6.45, 7) is 1.77. The van der Waals surface area contributed by atoms with Crippen molar-refractivity contribution in [1.29, 1.82) is 0 Å². The second kappa shape index (κ2) is 4.22. The van der Waals surface area contributed by atoms with Crippen LogP contribution in [0.15, 0.2) is 54.7 Å². The molecule has 3 aromatic rings. The van der Waals surface area contributed by atoms with Gasteiger partial charge in [0.15, 0.2) is 0 Å². The van der Waals surface area contributed by atoms with Crippen LogP contribution in [-0.2, 0) is 0 Å². The van der Waals surface area contributed by atoms with Gasteiger partial charge in [0.05, 0.1) is 5.69 Å². The Labute approximate surface area is 105 Å². The van der Waals surface area contributed by atoms with Crippen molar-refractivity contribution in [1.82, 2.24) is 4.98 Å². The maximum atomic E-state index is 13.3. The third kappa shape index (κ3) is 1.76. The van der Waals surface area contributed by atoms with Crippen molar-refractivity contribution < 1.29 is 4.39 Å². The van der Waals surface area contributed by atoms with Crippen LogP contribution in [-0.4, -0.2) is 4.98 Å². The summed E-state index contributed by atoms with van der Waals surface area (Å²) in [6, 6.07) is 15.2. The standard InChI is InChI=1S/C16H12FN/c1-11-10-13(6-7-15(11)17)16-14-5-3-2-4-12(14)8-9-18-16/h2-10H,1H3. The highest BCUT2D eigenvalue weighted by Crippen LogP contribution is 2.27. The zero-order chi connectivity index (χ0) is 12.5. The normalized spacial score (nSPS) is 10.8. The summed E-state index contributed by atoms with van der Waals surface area (Å²) in [5.41, 5.74) is 2.49. The van der Waals surface area contributed by atoms with Gasteiger partial charge in [-0.2, -0.15) is 0 Å². The number of hydrogen-bond acceptors (Lipinski definition) is 1. The zero-order valence-corrected chi connectivity index (χ0v) is 10.0. The molecule has 0 aliphatic rings. The van der Waals surface area contributed by atoms with E-state index in [0.717, 1.165) is 22.0 Å². The van der Waals surface area contributed by atoms with Crippen LogP contribution in [0.3, 0.4) is 0 Å². The largest absolute Gasteiger partial charge is 0.256 e. The van der Waals surface area contributed by atoms with E-state index in [-0.39, 0.29) is 5.82 Å². The van der Waals surface area contributed by atoms with Gasteiger partial charge >= 0.3 is 0 Å². The third-order valence-electron chi connectivity index (χ3n) is 3.11. The highest BCUT2D eigenvalue weighted by Gasteiger charge is 2.06. The molecular weight excluding hydrogens is 225 g/mol. The fourth-order valence-corrected chi connectivity index (χ4v) is 2.14. The van der Waals surface area contributed by atoms with Crippen molar-refractivity contribution in [2.45, 2.75) is 6.92 Å². The van der Waals surface area contributed by atoms with E-state index < -0.39 is 0 Å². The van der Waals surface area contributed by atoms with Crippen molar-refractivity contribution >= 4 is 10.8 Å². The summed E-state index contributed by atoms with van der Waals surface area (Å²) in [4.78, 5) is 4.43.